The van der Waals surface area contributed by atoms with Gasteiger partial charge in [-0.1, -0.05) is 66.7 Å². The first-order chi connectivity index (χ1) is 34.1. The van der Waals surface area contributed by atoms with E-state index in [0.29, 0.717) is 28.2 Å². The third-order valence-electron chi connectivity index (χ3n) is 12.9. The molecule has 3 N–H and O–H groups in total. The van der Waals surface area contributed by atoms with Gasteiger partial charge in [-0.05, 0) is 66.9 Å². The number of methoxy groups -OCH3 is 2. The highest BCUT2D eigenvalue weighted by Crippen LogP contribution is 2.54. The second kappa shape index (κ2) is 20.0. The van der Waals surface area contributed by atoms with Gasteiger partial charge in [-0.15, -0.1) is 0 Å². The van der Waals surface area contributed by atoms with E-state index in [1.54, 1.807) is 50.6 Å². The minimum absolute atomic E-state index is 0.0701. The Kier molecular flexibility index (Phi) is 13.8. The van der Waals surface area contributed by atoms with Gasteiger partial charge in [0.1, 0.15) is 54.2 Å². The fourth-order valence-electron chi connectivity index (χ4n) is 9.09. The zero-order chi connectivity index (χ0) is 50.2. The summed E-state index contributed by atoms with van der Waals surface area (Å²) in [6.07, 6.45) is -5.81. The number of ether oxygens (including phenoxy) is 5. The average Bonchev–Trinajstić information content (AvgIpc) is 4.03. The van der Waals surface area contributed by atoms with E-state index in [-0.39, 0.29) is 41.7 Å². The number of aromatic nitrogens is 4. The van der Waals surface area contributed by atoms with Gasteiger partial charge in [0.05, 0.1) is 44.7 Å². The molecule has 0 radical (unpaired) electrons. The number of rotatable bonds is 17. The van der Waals surface area contributed by atoms with Gasteiger partial charge in [-0.25, -0.2) is 9.59 Å². The Bertz CT molecular complexity index is 3160. The number of H-pyrrole nitrogens is 2. The number of fused-ring (bicyclic) bond motifs is 1. The molecular weight excluding hydrogens is 942 g/mol. The van der Waals surface area contributed by atoms with Crippen LogP contribution in [0.5, 0.6) is 11.5 Å². The van der Waals surface area contributed by atoms with Gasteiger partial charge >= 0.3 is 19.0 Å². The molecule has 370 valence electrons. The summed E-state index contributed by atoms with van der Waals surface area (Å²) in [6, 6.07) is 30.0. The topological polar surface area (TPSA) is 249 Å². The summed E-state index contributed by atoms with van der Waals surface area (Å²) < 4.78 is 61.4. The molecule has 9 rings (SSSR count). The van der Waals surface area contributed by atoms with Crippen LogP contribution in [0.25, 0.3) is 0 Å². The van der Waals surface area contributed by atoms with Crippen LogP contribution in [0.1, 0.15) is 73.8 Å². The minimum Gasteiger partial charge on any atom is -0.497 e. The van der Waals surface area contributed by atoms with Gasteiger partial charge in [0, 0.05) is 36.4 Å². The maximum atomic E-state index is 15.6. The van der Waals surface area contributed by atoms with E-state index in [4.69, 9.17) is 32.7 Å². The van der Waals surface area contributed by atoms with Crippen LogP contribution in [-0.2, 0) is 33.4 Å². The molecule has 4 aromatic carbocycles. The molecule has 2 saturated heterocycles. The molecule has 1 unspecified atom stereocenters. The zero-order valence-electron chi connectivity index (χ0n) is 38.9. The summed E-state index contributed by atoms with van der Waals surface area (Å²) in [5.74, 6) is -0.346. The molecule has 2 amide bonds. The quantitative estimate of drug-likeness (QED) is 0.0646. The lowest BCUT2D eigenvalue weighted by Gasteiger charge is -2.37. The normalized spacial score (nSPS) is 21.8. The van der Waals surface area contributed by atoms with E-state index in [2.05, 4.69) is 9.97 Å². The van der Waals surface area contributed by atoms with Crippen molar-refractivity contribution in [3.63, 3.8) is 0 Å². The summed E-state index contributed by atoms with van der Waals surface area (Å²) in [5, 5.41) is 11.2. The number of carbonyl (C=O) groups is 2. The first-order valence-corrected chi connectivity index (χ1v) is 24.3. The summed E-state index contributed by atoms with van der Waals surface area (Å²) >= 11 is 0. The molecule has 3 aliphatic heterocycles. The SMILES string of the molecule is COc1ccc(C(OC[C@H]2O[C@@H](n3cc(C)c(=O)[nH]c3=O)C[C@@H]2OP(=O)(CN2C(=O)c3ccccc3C2=O)OC[C@H]2O[C@@H](n3cc(C)c(=O)[nH]c3=O)C[C@@H]2O)(c2ccccc2)c2ccc(OC)cc2)cc1. The van der Waals surface area contributed by atoms with Crippen LogP contribution in [0.2, 0.25) is 0 Å². The smallest absolute Gasteiger partial charge is 0.350 e. The van der Waals surface area contributed by atoms with Gasteiger partial charge in [0.15, 0.2) is 0 Å². The second-order valence-electron chi connectivity index (χ2n) is 17.3. The number of amides is 2. The van der Waals surface area contributed by atoms with Crippen molar-refractivity contribution in [2.75, 3.05) is 33.7 Å². The van der Waals surface area contributed by atoms with Gasteiger partial charge in [-0.2, -0.15) is 0 Å². The molecule has 2 fully saturated rings. The van der Waals surface area contributed by atoms with Crippen molar-refractivity contribution < 1.29 is 52.0 Å². The molecule has 6 aromatic rings. The van der Waals surface area contributed by atoms with Crippen LogP contribution in [-0.4, -0.2) is 99.1 Å². The van der Waals surface area contributed by atoms with E-state index in [9.17, 15) is 33.9 Å². The predicted molar refractivity (Wildman–Crippen MR) is 254 cm³/mol. The molecule has 0 aliphatic carbocycles. The van der Waals surface area contributed by atoms with Gasteiger partial charge in [0.2, 0.25) is 0 Å². The van der Waals surface area contributed by atoms with Crippen LogP contribution in [0.3, 0.4) is 0 Å². The molecule has 21 heteroatoms. The molecule has 0 saturated carbocycles. The summed E-state index contributed by atoms with van der Waals surface area (Å²) in [5.41, 5.74) is -1.60. The highest BCUT2D eigenvalue weighted by molar-refractivity contribution is 7.53. The first-order valence-electron chi connectivity index (χ1n) is 22.6. The predicted octanol–water partition coefficient (Wildman–Crippen LogP) is 4.51. The summed E-state index contributed by atoms with van der Waals surface area (Å²) in [7, 11) is -1.68. The number of imide groups is 1. The molecular formula is C50H50N5O15P. The number of nitrogens with one attached hydrogen (secondary N) is 2. The molecule has 71 heavy (non-hydrogen) atoms. The lowest BCUT2D eigenvalue weighted by atomic mass is 9.80. The fourth-order valence-corrected chi connectivity index (χ4v) is 10.9. The largest absolute Gasteiger partial charge is 0.497 e. The van der Waals surface area contributed by atoms with Crippen LogP contribution < -0.4 is 32.0 Å². The molecule has 20 nitrogen and oxygen atoms in total. The number of aliphatic hydroxyl groups is 1. The first kappa shape index (κ1) is 49.0. The van der Waals surface area contributed by atoms with Crippen LogP contribution >= 0.6 is 7.60 Å². The van der Waals surface area contributed by atoms with Crippen molar-refractivity contribution in [3.05, 3.63) is 196 Å². The third kappa shape index (κ3) is 9.62. The second-order valence-corrected chi connectivity index (χ2v) is 19.3. The number of aromatic amines is 2. The monoisotopic (exact) mass is 991 g/mol. The number of hydrogen-bond acceptors (Lipinski definition) is 15. The molecule has 3 aliphatic rings. The summed E-state index contributed by atoms with van der Waals surface area (Å²) in [6.45, 7) is 2.06. The number of aryl methyl sites for hydroxylation is 2. The van der Waals surface area contributed by atoms with E-state index >= 15 is 4.57 Å². The van der Waals surface area contributed by atoms with Crippen molar-refractivity contribution in [3.8, 4) is 11.5 Å². The van der Waals surface area contributed by atoms with Gasteiger partial charge in [0.25, 0.3) is 22.9 Å². The average molecular weight is 992 g/mol. The van der Waals surface area contributed by atoms with Crippen LogP contribution in [0, 0.1) is 13.8 Å². The maximum absolute atomic E-state index is 15.6. The Balaban J connectivity index is 1.10. The van der Waals surface area contributed by atoms with E-state index in [1.807, 2.05) is 54.6 Å². The minimum atomic E-state index is -4.79. The van der Waals surface area contributed by atoms with E-state index in [1.165, 1.54) is 42.9 Å². The van der Waals surface area contributed by atoms with Crippen LogP contribution in [0.4, 0.5) is 0 Å². The lowest BCUT2D eigenvalue weighted by molar-refractivity contribution is -0.0935. The maximum Gasteiger partial charge on any atom is 0.350 e. The van der Waals surface area contributed by atoms with Gasteiger partial charge < -0.3 is 37.8 Å². The highest BCUT2D eigenvalue weighted by Gasteiger charge is 2.49. The molecule has 7 atom stereocenters. The Morgan fingerprint density at radius 2 is 1.13 bits per heavy atom. The van der Waals surface area contributed by atoms with Gasteiger partial charge in [-0.3, -0.25) is 47.7 Å². The van der Waals surface area contributed by atoms with E-state index in [0.717, 1.165) is 9.47 Å². The molecule has 0 spiro atoms. The van der Waals surface area contributed by atoms with Crippen LogP contribution in [0.15, 0.2) is 135 Å². The Morgan fingerprint density at radius 1 is 0.648 bits per heavy atom. The Morgan fingerprint density at radius 3 is 1.65 bits per heavy atom. The fraction of sp³-hybridized carbons (Fsp3) is 0.320. The number of aliphatic hydroxyl groups excluding tert-OH is 1. The third-order valence-corrected chi connectivity index (χ3v) is 14.6. The zero-order valence-corrected chi connectivity index (χ0v) is 39.8. The van der Waals surface area contributed by atoms with E-state index < -0.39 is 97.3 Å². The van der Waals surface area contributed by atoms with Crippen molar-refractivity contribution in [2.45, 2.75) is 69.2 Å². The standard InChI is InChI=1S/C50H50N5O15P/c1-29-24-53(48(61)51-44(29)57)42-22-38(56)40(68-42)27-67-71(63,28-55-46(59)36-12-8-9-13-37(36)47(55)60)70-39-23-43(54-25-30(2)45(58)52-49(54)62)69-41(39)26-66-50(31-10-6-5-7-11-31,32-14-18-34(64-3)19-15-32)33-16-20-35(65-4)21-17-33/h5-21,24-25,38-43,56H,22-23,26-28H2,1-4H3,(H,51,57,61)(H,52,58,62)/t38-,39-,40+,41+,42+,43+,71?/m0/s1. The molecule has 2 aromatic heterocycles. The van der Waals surface area contributed by atoms with Crippen molar-refractivity contribution in [1.82, 2.24) is 24.0 Å². The molecule has 0 bridgehead atoms. The van der Waals surface area contributed by atoms with Crippen molar-refractivity contribution in [2.24, 2.45) is 0 Å². The molecule has 5 heterocycles. The number of nitrogens with zero attached hydrogens (tertiary/aromatic N) is 3. The summed E-state index contributed by atoms with van der Waals surface area (Å²) in [4.78, 5) is 83.8. The number of carbonyl (C=O) groups excluding carboxylic acids is 2. The Labute approximate surface area is 404 Å². The Hall–Kier alpha value is -7.03. The van der Waals surface area contributed by atoms with Crippen molar-refractivity contribution >= 4 is 19.4 Å². The highest BCUT2D eigenvalue weighted by atomic mass is 31.2. The number of hydrogen-bond donors (Lipinski definition) is 3. The van der Waals surface area contributed by atoms with Crippen molar-refractivity contribution in [1.29, 1.82) is 0 Å². The number of benzene rings is 4. The lowest BCUT2D eigenvalue weighted by Crippen LogP contribution is -2.39.